The second kappa shape index (κ2) is 9.82. The molecule has 0 atom stereocenters. The first-order chi connectivity index (χ1) is 19.4. The zero-order chi connectivity index (χ0) is 27.5. The summed E-state index contributed by atoms with van der Waals surface area (Å²) in [6.45, 7) is 0. The second-order valence-corrected chi connectivity index (χ2v) is 12.1. The maximum absolute atomic E-state index is 14.3. The average molecular weight is 762 g/mol. The zero-order valence-electron chi connectivity index (χ0n) is 20.5. The topological polar surface area (TPSA) is 69.8 Å². The van der Waals surface area contributed by atoms with E-state index < -0.39 is 0 Å². The molecule has 3 aromatic heterocycles. The van der Waals surface area contributed by atoms with Gasteiger partial charge in [0.25, 0.3) is 0 Å². The van der Waals surface area contributed by atoms with Crippen molar-refractivity contribution in [2.45, 2.75) is 0 Å². The first kappa shape index (κ1) is 25.4. The molecule has 1 aliphatic carbocycles. The molecule has 9 heteroatoms. The molecular weight excluding hydrogens is 746 g/mol. The van der Waals surface area contributed by atoms with Crippen molar-refractivity contribution in [3.05, 3.63) is 131 Å². The summed E-state index contributed by atoms with van der Waals surface area (Å²) in [5, 5.41) is 0. The number of pyridine rings is 2. The number of carbonyl (C=O) groups excluding carboxylic acids is 2. The molecule has 0 radical (unpaired) electrons. The van der Waals surface area contributed by atoms with Gasteiger partial charge in [-0.3, -0.25) is 23.7 Å². The molecule has 0 aliphatic heterocycles. The first-order valence-electron chi connectivity index (χ1n) is 12.3. The SMILES string of the molecule is O=C1c2ccccc2C(=O)c2c1c(-c1ccccn1)nc1c2n(-c2ccc(I)cc2)c(=S)n1-c1ccc(I)cc1. The fourth-order valence-corrected chi connectivity index (χ4v) is 6.26. The maximum Gasteiger partial charge on any atom is 0.196 e. The summed E-state index contributed by atoms with van der Waals surface area (Å²) in [6.07, 6.45) is 1.65. The highest BCUT2D eigenvalue weighted by Crippen LogP contribution is 2.39. The van der Waals surface area contributed by atoms with Gasteiger partial charge in [0.15, 0.2) is 22.0 Å². The van der Waals surface area contributed by atoms with Gasteiger partial charge in [-0.15, -0.1) is 0 Å². The van der Waals surface area contributed by atoms with Crippen LogP contribution in [0.25, 0.3) is 33.9 Å². The maximum atomic E-state index is 14.3. The van der Waals surface area contributed by atoms with Crippen molar-refractivity contribution in [3.63, 3.8) is 0 Å². The van der Waals surface area contributed by atoms with Crippen LogP contribution < -0.4 is 0 Å². The molecule has 40 heavy (non-hydrogen) atoms. The molecule has 6 nitrogen and oxygen atoms in total. The number of fused-ring (bicyclic) bond motifs is 4. The Balaban J connectivity index is 1.70. The van der Waals surface area contributed by atoms with Crippen LogP contribution in [0, 0.1) is 11.9 Å². The highest BCUT2D eigenvalue weighted by atomic mass is 127. The third-order valence-electron chi connectivity index (χ3n) is 6.92. The van der Waals surface area contributed by atoms with Gasteiger partial charge in [-0.05, 0) is 118 Å². The molecule has 1 aliphatic rings. The van der Waals surface area contributed by atoms with E-state index in [-0.39, 0.29) is 22.7 Å². The number of hydrogen-bond acceptors (Lipinski definition) is 5. The van der Waals surface area contributed by atoms with Crippen LogP contribution in [-0.4, -0.2) is 30.7 Å². The Labute approximate surface area is 261 Å². The molecule has 0 saturated carbocycles. The molecule has 0 N–H and O–H groups in total. The summed E-state index contributed by atoms with van der Waals surface area (Å²) in [4.78, 5) is 38.0. The van der Waals surface area contributed by atoms with E-state index in [2.05, 4.69) is 50.2 Å². The van der Waals surface area contributed by atoms with Crippen LogP contribution in [0.2, 0.25) is 0 Å². The number of hydrogen-bond donors (Lipinski definition) is 0. The lowest BCUT2D eigenvalue weighted by molar-refractivity contribution is 0.0980. The van der Waals surface area contributed by atoms with Crippen LogP contribution in [0.5, 0.6) is 0 Å². The second-order valence-electron chi connectivity index (χ2n) is 9.21. The van der Waals surface area contributed by atoms with Gasteiger partial charge >= 0.3 is 0 Å². The largest absolute Gasteiger partial charge is 0.288 e. The number of nitrogens with zero attached hydrogens (tertiary/aromatic N) is 4. The number of imidazole rings is 1. The minimum atomic E-state index is -0.262. The lowest BCUT2D eigenvalue weighted by atomic mass is 9.82. The van der Waals surface area contributed by atoms with Gasteiger partial charge in [0.2, 0.25) is 0 Å². The molecule has 0 spiro atoms. The van der Waals surface area contributed by atoms with Crippen LogP contribution in [0.4, 0.5) is 0 Å². The molecule has 0 amide bonds. The van der Waals surface area contributed by atoms with Crippen LogP contribution >= 0.6 is 57.4 Å². The van der Waals surface area contributed by atoms with E-state index in [1.165, 1.54) is 0 Å². The lowest BCUT2D eigenvalue weighted by Gasteiger charge is -2.21. The monoisotopic (exact) mass is 762 g/mol. The number of halogens is 2. The Hall–Kier alpha value is -3.55. The molecule has 0 saturated heterocycles. The number of carbonyl (C=O) groups is 2. The molecule has 6 aromatic rings. The van der Waals surface area contributed by atoms with Crippen molar-refractivity contribution in [2.75, 3.05) is 0 Å². The molecule has 0 fully saturated rings. The van der Waals surface area contributed by atoms with E-state index in [0.717, 1.165) is 18.5 Å². The number of rotatable bonds is 3. The van der Waals surface area contributed by atoms with E-state index in [0.29, 0.717) is 38.4 Å². The van der Waals surface area contributed by atoms with Gasteiger partial charge < -0.3 is 0 Å². The van der Waals surface area contributed by atoms with Gasteiger partial charge in [0.05, 0.1) is 22.5 Å². The van der Waals surface area contributed by atoms with Crippen molar-refractivity contribution in [1.82, 2.24) is 19.1 Å². The Kier molecular flexibility index (Phi) is 6.24. The number of benzene rings is 3. The van der Waals surface area contributed by atoms with E-state index in [9.17, 15) is 9.59 Å². The predicted octanol–water partition coefficient (Wildman–Crippen LogP) is 7.59. The standard InChI is InChI=1S/C31H16I2N4O2S/c32-17-8-12-19(13-9-17)36-27-25-24(28(38)21-5-1-2-6-22(21)29(25)39)26(23-7-3-4-16-34-23)35-30(27)37(31(36)40)20-14-10-18(33)11-15-20/h1-16H. The Morgan fingerprint density at radius 1 is 0.650 bits per heavy atom. The third kappa shape index (κ3) is 3.90. The van der Waals surface area contributed by atoms with Crippen molar-refractivity contribution in [2.24, 2.45) is 0 Å². The average Bonchev–Trinajstić information content (AvgIpc) is 3.27. The predicted molar refractivity (Wildman–Crippen MR) is 173 cm³/mol. The summed E-state index contributed by atoms with van der Waals surface area (Å²) in [5.41, 5.74) is 4.64. The third-order valence-corrected chi connectivity index (χ3v) is 8.72. The van der Waals surface area contributed by atoms with Crippen molar-refractivity contribution < 1.29 is 9.59 Å². The molecule has 3 aromatic carbocycles. The molecular formula is C31H16I2N4O2S. The van der Waals surface area contributed by atoms with Gasteiger partial charge in [-0.2, -0.15) is 0 Å². The van der Waals surface area contributed by atoms with Crippen LogP contribution in [0.3, 0.4) is 0 Å². The van der Waals surface area contributed by atoms with Gasteiger partial charge in [0, 0.05) is 30.2 Å². The van der Waals surface area contributed by atoms with Gasteiger partial charge in [0.1, 0.15) is 11.2 Å². The van der Waals surface area contributed by atoms with E-state index in [1.807, 2.05) is 63.7 Å². The number of aromatic nitrogens is 4. The highest BCUT2D eigenvalue weighted by molar-refractivity contribution is 14.1. The molecule has 0 bridgehead atoms. The Morgan fingerprint density at radius 2 is 1.20 bits per heavy atom. The zero-order valence-corrected chi connectivity index (χ0v) is 25.6. The molecule has 0 unspecified atom stereocenters. The van der Waals surface area contributed by atoms with Crippen LogP contribution in [0.1, 0.15) is 31.8 Å². The quantitative estimate of drug-likeness (QED) is 0.137. The van der Waals surface area contributed by atoms with E-state index >= 15 is 0 Å². The van der Waals surface area contributed by atoms with Crippen LogP contribution in [0.15, 0.2) is 97.2 Å². The van der Waals surface area contributed by atoms with Gasteiger partial charge in [-0.25, -0.2) is 4.98 Å². The van der Waals surface area contributed by atoms with Gasteiger partial charge in [-0.1, -0.05) is 30.3 Å². The Bertz CT molecular complexity index is 2070. The normalized spacial score (nSPS) is 12.4. The first-order valence-corrected chi connectivity index (χ1v) is 14.8. The molecule has 192 valence electrons. The summed E-state index contributed by atoms with van der Waals surface area (Å²) in [6, 6.07) is 28.2. The van der Waals surface area contributed by atoms with E-state index in [4.69, 9.17) is 17.2 Å². The van der Waals surface area contributed by atoms with E-state index in [1.54, 1.807) is 42.6 Å². The van der Waals surface area contributed by atoms with Crippen molar-refractivity contribution in [1.29, 1.82) is 0 Å². The summed E-state index contributed by atoms with van der Waals surface area (Å²) in [5.74, 6) is -0.508. The fourth-order valence-electron chi connectivity index (χ4n) is 5.15. The fraction of sp³-hybridized carbons (Fsp3) is 0. The summed E-state index contributed by atoms with van der Waals surface area (Å²) >= 11 is 10.6. The highest BCUT2D eigenvalue weighted by Gasteiger charge is 2.37. The van der Waals surface area contributed by atoms with Crippen molar-refractivity contribution in [3.8, 4) is 22.8 Å². The minimum absolute atomic E-state index is 0.240. The summed E-state index contributed by atoms with van der Waals surface area (Å²) < 4.78 is 6.29. The lowest BCUT2D eigenvalue weighted by Crippen LogP contribution is -2.24. The van der Waals surface area contributed by atoms with Crippen LogP contribution in [-0.2, 0) is 0 Å². The minimum Gasteiger partial charge on any atom is -0.288 e. The Morgan fingerprint density at radius 3 is 1.77 bits per heavy atom. The van der Waals surface area contributed by atoms with Crippen molar-refractivity contribution >= 4 is 80.1 Å². The summed E-state index contributed by atoms with van der Waals surface area (Å²) in [7, 11) is 0. The smallest absolute Gasteiger partial charge is 0.196 e. The number of ketones is 2. The molecule has 7 rings (SSSR count). The molecule has 3 heterocycles.